The molecule has 5 nitrogen and oxygen atoms in total. The van der Waals surface area contributed by atoms with Gasteiger partial charge in [-0.25, -0.2) is 0 Å². The Morgan fingerprint density at radius 2 is 0.886 bits per heavy atom. The molecule has 2 fully saturated rings. The van der Waals surface area contributed by atoms with Crippen LogP contribution in [0, 0.1) is 0 Å². The van der Waals surface area contributed by atoms with Crippen molar-refractivity contribution in [2.45, 2.75) is 180 Å². The lowest BCUT2D eigenvalue weighted by molar-refractivity contribution is 0.195. The lowest BCUT2D eigenvalue weighted by Crippen LogP contribution is -2.62. The minimum Gasteiger partial charge on any atom is -0.456 e. The summed E-state index contributed by atoms with van der Waals surface area (Å²) in [6.45, 7) is 31.6. The van der Waals surface area contributed by atoms with Crippen LogP contribution in [0.15, 0.2) is 186 Å². The van der Waals surface area contributed by atoms with Crippen molar-refractivity contribution < 1.29 is 4.42 Å². The minimum atomic E-state index is -0.195. The first-order valence-electron chi connectivity index (χ1n) is 33.0. The maximum atomic E-state index is 6.85. The number of benzene rings is 9. The molecule has 442 valence electrons. The Morgan fingerprint density at radius 3 is 1.58 bits per heavy atom. The molecule has 6 heteroatoms. The standard InChI is InChI=1S/C82H85BN4O/c1-76(2,3)53-35-40-64(59(46-53)52-26-15-14-16-27-52)84-69-49-56(86-66-41-36-54(77(4,5)6)47-61(66)80(11)43-22-24-45-82(80,86)13)37-39-63(69)83-62-38-34-55(78(7,8)9)48-68(62)85(67-31-25-33-73-74(67)58-28-17-20-32-72(58)88-73)71-51-57(50-70(84)75(71)83)87-65-30-19-18-29-60(65)79(10)42-21-23-44-81(79,87)12/h14-20,25-41,46-51H,21-24,42-45H2,1-13H3. The number of rotatable bonds is 5. The van der Waals surface area contributed by atoms with Crippen molar-refractivity contribution in [3.05, 3.63) is 210 Å². The fraction of sp³-hybridized carbons (Fsp3) is 0.341. The van der Waals surface area contributed by atoms with Crippen LogP contribution in [0.25, 0.3) is 33.1 Å². The summed E-state index contributed by atoms with van der Waals surface area (Å²) in [5.41, 5.74) is 26.9. The Labute approximate surface area is 523 Å². The van der Waals surface area contributed by atoms with Crippen LogP contribution in [0.1, 0.15) is 169 Å². The summed E-state index contributed by atoms with van der Waals surface area (Å²) in [5, 5.41) is 2.26. The molecule has 4 aliphatic heterocycles. The summed E-state index contributed by atoms with van der Waals surface area (Å²) in [4.78, 5) is 11.1. The zero-order valence-electron chi connectivity index (χ0n) is 54.3. The molecular weight excluding hydrogens is 1070 g/mol. The first kappa shape index (κ1) is 55.4. The summed E-state index contributed by atoms with van der Waals surface area (Å²) < 4.78 is 6.85. The second-order valence-corrected chi connectivity index (χ2v) is 31.2. The Bertz CT molecular complexity index is 4530. The molecule has 0 radical (unpaired) electrons. The largest absolute Gasteiger partial charge is 0.456 e. The van der Waals surface area contributed by atoms with Crippen LogP contribution in [0.5, 0.6) is 0 Å². The normalized spacial score (nSPS) is 22.8. The first-order valence-corrected chi connectivity index (χ1v) is 33.0. The third-order valence-electron chi connectivity index (χ3n) is 23.2. The van der Waals surface area contributed by atoms with Gasteiger partial charge in [-0.2, -0.15) is 0 Å². The topological polar surface area (TPSA) is 26.1 Å². The number of para-hydroxylation sites is 2. The van der Waals surface area contributed by atoms with E-state index >= 15 is 0 Å². The van der Waals surface area contributed by atoms with Gasteiger partial charge in [-0.15, -0.1) is 0 Å². The number of nitrogens with zero attached hydrogens (tertiary/aromatic N) is 4. The fourth-order valence-electron chi connectivity index (χ4n) is 17.9. The van der Waals surface area contributed by atoms with Gasteiger partial charge in [0.05, 0.1) is 27.8 Å². The van der Waals surface area contributed by atoms with E-state index in [1.807, 2.05) is 0 Å². The van der Waals surface area contributed by atoms with Crippen LogP contribution < -0.4 is 36.0 Å². The van der Waals surface area contributed by atoms with Crippen molar-refractivity contribution in [3.8, 4) is 11.1 Å². The lowest BCUT2D eigenvalue weighted by atomic mass is 9.33. The highest BCUT2D eigenvalue weighted by atomic mass is 16.3. The molecule has 88 heavy (non-hydrogen) atoms. The summed E-state index contributed by atoms with van der Waals surface area (Å²) in [6.07, 6.45) is 9.43. The van der Waals surface area contributed by atoms with Crippen molar-refractivity contribution in [1.29, 1.82) is 0 Å². The van der Waals surface area contributed by atoms with Gasteiger partial charge in [0.2, 0.25) is 0 Å². The smallest absolute Gasteiger partial charge is 0.252 e. The Morgan fingerprint density at radius 1 is 0.386 bits per heavy atom. The fourth-order valence-corrected chi connectivity index (χ4v) is 17.9. The molecule has 2 aliphatic carbocycles. The number of furan rings is 1. The van der Waals surface area contributed by atoms with E-state index in [1.165, 1.54) is 139 Å². The maximum Gasteiger partial charge on any atom is 0.252 e. The van der Waals surface area contributed by atoms with Crippen LogP contribution in [-0.4, -0.2) is 17.8 Å². The highest BCUT2D eigenvalue weighted by Gasteiger charge is 2.60. The number of hydrogen-bond acceptors (Lipinski definition) is 5. The molecule has 5 heterocycles. The average molecular weight is 1150 g/mol. The van der Waals surface area contributed by atoms with Crippen LogP contribution in [0.2, 0.25) is 0 Å². The van der Waals surface area contributed by atoms with Crippen molar-refractivity contribution in [2.24, 2.45) is 0 Å². The molecule has 0 amide bonds. The van der Waals surface area contributed by atoms with Crippen molar-refractivity contribution in [3.63, 3.8) is 0 Å². The lowest BCUT2D eigenvalue weighted by Gasteiger charge is -2.51. The second-order valence-electron chi connectivity index (χ2n) is 31.2. The molecule has 0 N–H and O–H groups in total. The third-order valence-corrected chi connectivity index (χ3v) is 23.2. The molecule has 9 aromatic carbocycles. The average Bonchev–Trinajstić information content (AvgIpc) is 1.12. The van der Waals surface area contributed by atoms with E-state index in [4.69, 9.17) is 4.42 Å². The predicted octanol–water partition coefficient (Wildman–Crippen LogP) is 20.7. The van der Waals surface area contributed by atoms with Crippen molar-refractivity contribution >= 4 is 102 Å². The summed E-state index contributed by atoms with van der Waals surface area (Å²) in [7, 11) is 0. The van der Waals surface area contributed by atoms with Gasteiger partial charge in [0, 0.05) is 67.3 Å². The molecule has 2 saturated carbocycles. The molecule has 0 spiro atoms. The van der Waals surface area contributed by atoms with Gasteiger partial charge in [0.15, 0.2) is 0 Å². The van der Waals surface area contributed by atoms with Crippen LogP contribution in [-0.2, 0) is 27.1 Å². The molecular formula is C82H85BN4O. The molecule has 0 bridgehead atoms. The Kier molecular flexibility index (Phi) is 11.8. The van der Waals surface area contributed by atoms with Gasteiger partial charge < -0.3 is 24.0 Å². The van der Waals surface area contributed by atoms with Gasteiger partial charge in [-0.05, 0) is 178 Å². The van der Waals surface area contributed by atoms with E-state index in [9.17, 15) is 0 Å². The van der Waals surface area contributed by atoms with Gasteiger partial charge in [-0.1, -0.05) is 211 Å². The van der Waals surface area contributed by atoms with Gasteiger partial charge in [-0.3, -0.25) is 0 Å². The first-order chi connectivity index (χ1) is 42.0. The Balaban J connectivity index is 1.06. The van der Waals surface area contributed by atoms with E-state index in [0.717, 1.165) is 46.9 Å². The third kappa shape index (κ3) is 7.65. The number of fused-ring (bicyclic) bond motifs is 13. The quantitative estimate of drug-likeness (QED) is 0.160. The summed E-state index contributed by atoms with van der Waals surface area (Å²) in [6, 6.07) is 71.5. The Hall–Kier alpha value is -7.96. The summed E-state index contributed by atoms with van der Waals surface area (Å²) in [5.74, 6) is 0. The van der Waals surface area contributed by atoms with Gasteiger partial charge in [0.1, 0.15) is 11.2 Å². The molecule has 10 aromatic rings. The van der Waals surface area contributed by atoms with Gasteiger partial charge in [0.25, 0.3) is 6.71 Å². The molecule has 1 aromatic heterocycles. The van der Waals surface area contributed by atoms with Crippen molar-refractivity contribution in [2.75, 3.05) is 19.6 Å². The molecule has 0 saturated heterocycles. The maximum absolute atomic E-state index is 6.85. The molecule has 4 atom stereocenters. The van der Waals surface area contributed by atoms with Crippen LogP contribution >= 0.6 is 0 Å². The SMILES string of the molecule is CC(C)(C)c1ccc(N2c3cc(N4c5ccc(C(C)(C)C)cc5C5(C)CCCCC45C)ccc3B3c4ccc(C(C)(C)C)cc4N(c4cccc5oc6ccccc6c45)c4cc(N5c6ccccc6C6(C)CCCCC56C)cc2c43)c(-c2ccccc2)c1. The van der Waals surface area contributed by atoms with E-state index in [2.05, 4.69) is 292 Å². The van der Waals surface area contributed by atoms with Crippen LogP contribution in [0.4, 0.5) is 56.9 Å². The molecule has 6 aliphatic rings. The van der Waals surface area contributed by atoms with E-state index in [-0.39, 0.29) is 44.9 Å². The predicted molar refractivity (Wildman–Crippen MR) is 375 cm³/mol. The number of hydrogen-bond donors (Lipinski definition) is 0. The second kappa shape index (κ2) is 18.8. The monoisotopic (exact) mass is 1150 g/mol. The van der Waals surface area contributed by atoms with E-state index in [0.29, 0.717) is 0 Å². The number of anilines is 10. The highest BCUT2D eigenvalue weighted by Crippen LogP contribution is 2.64. The van der Waals surface area contributed by atoms with Gasteiger partial charge >= 0.3 is 0 Å². The molecule has 4 unspecified atom stereocenters. The highest BCUT2D eigenvalue weighted by molar-refractivity contribution is 7.00. The van der Waals surface area contributed by atoms with Crippen LogP contribution in [0.3, 0.4) is 0 Å². The van der Waals surface area contributed by atoms with Crippen molar-refractivity contribution in [1.82, 2.24) is 0 Å². The van der Waals surface area contributed by atoms with E-state index in [1.54, 1.807) is 0 Å². The van der Waals surface area contributed by atoms with E-state index < -0.39 is 0 Å². The zero-order chi connectivity index (χ0) is 60.8. The minimum absolute atomic E-state index is 0.0306. The molecule has 16 rings (SSSR count). The zero-order valence-corrected chi connectivity index (χ0v) is 54.3. The summed E-state index contributed by atoms with van der Waals surface area (Å²) >= 11 is 0.